The standard InChI is InChI=1S/C49H60N2/c1-5-9-12-17-30-49(31-18-13-10-6-2)44-22-15-14-21-42(44)43-29-28-40(34-45(43)49)41-35-47(51-48(36-41)46-23-16-19-32-50-46)39-26-24-38(25-27-39)33-37(8-4)20-11-7-3/h14-16,19,21-29,32,34-37H,5-13,17-18,20,30-31,33H2,1-4H3. The van der Waals surface area contributed by atoms with Crippen molar-refractivity contribution in [3.8, 4) is 44.9 Å². The summed E-state index contributed by atoms with van der Waals surface area (Å²) in [6.07, 6.45) is 20.9. The number of nitrogens with zero attached hydrogens (tertiary/aromatic N) is 2. The van der Waals surface area contributed by atoms with Crippen LogP contribution in [0.2, 0.25) is 0 Å². The molecule has 51 heavy (non-hydrogen) atoms. The minimum atomic E-state index is 0.0619. The molecule has 1 aliphatic rings. The molecule has 0 radical (unpaired) electrons. The summed E-state index contributed by atoms with van der Waals surface area (Å²) >= 11 is 0. The second kappa shape index (κ2) is 17.9. The third-order valence-electron chi connectivity index (χ3n) is 11.6. The first-order chi connectivity index (χ1) is 25.1. The van der Waals surface area contributed by atoms with Gasteiger partial charge in [0, 0.05) is 17.2 Å². The van der Waals surface area contributed by atoms with Gasteiger partial charge in [0.2, 0.25) is 0 Å². The number of hydrogen-bond acceptors (Lipinski definition) is 2. The zero-order chi connectivity index (χ0) is 35.5. The highest BCUT2D eigenvalue weighted by Crippen LogP contribution is 2.55. The van der Waals surface area contributed by atoms with E-state index in [-0.39, 0.29) is 5.41 Å². The van der Waals surface area contributed by atoms with E-state index in [1.807, 2.05) is 12.3 Å². The number of unbranched alkanes of at least 4 members (excludes halogenated alkanes) is 7. The molecule has 0 spiro atoms. The maximum absolute atomic E-state index is 5.23. The van der Waals surface area contributed by atoms with Gasteiger partial charge in [-0.15, -0.1) is 0 Å². The zero-order valence-corrected chi connectivity index (χ0v) is 31.9. The Morgan fingerprint density at radius 2 is 1.20 bits per heavy atom. The molecule has 0 amide bonds. The molecule has 1 aliphatic carbocycles. The van der Waals surface area contributed by atoms with Crippen molar-refractivity contribution >= 4 is 0 Å². The van der Waals surface area contributed by atoms with Crippen molar-refractivity contribution in [3.63, 3.8) is 0 Å². The lowest BCUT2D eigenvalue weighted by molar-refractivity contribution is 0.401. The molecule has 2 nitrogen and oxygen atoms in total. The molecule has 6 rings (SSSR count). The van der Waals surface area contributed by atoms with Crippen LogP contribution in [0.4, 0.5) is 0 Å². The summed E-state index contributed by atoms with van der Waals surface area (Å²) in [6, 6.07) is 36.6. The van der Waals surface area contributed by atoms with Crippen LogP contribution in [-0.2, 0) is 11.8 Å². The first kappa shape index (κ1) is 36.7. The molecule has 1 atom stereocenters. The number of rotatable bonds is 19. The minimum absolute atomic E-state index is 0.0619. The molecule has 2 aromatic heterocycles. The van der Waals surface area contributed by atoms with Gasteiger partial charge in [-0.2, -0.15) is 0 Å². The average molecular weight is 677 g/mol. The van der Waals surface area contributed by atoms with Gasteiger partial charge in [0.1, 0.15) is 0 Å². The van der Waals surface area contributed by atoms with Gasteiger partial charge in [-0.05, 0) is 94.5 Å². The minimum Gasteiger partial charge on any atom is -0.255 e. The van der Waals surface area contributed by atoms with Crippen molar-refractivity contribution in [1.29, 1.82) is 0 Å². The lowest BCUT2D eigenvalue weighted by Crippen LogP contribution is -2.25. The fourth-order valence-corrected chi connectivity index (χ4v) is 8.58. The Hall–Kier alpha value is -4.04. The Bertz CT molecular complexity index is 1810. The smallest absolute Gasteiger partial charge is 0.0899 e. The van der Waals surface area contributed by atoms with E-state index in [1.54, 1.807) is 5.56 Å². The van der Waals surface area contributed by atoms with E-state index < -0.39 is 0 Å². The summed E-state index contributed by atoms with van der Waals surface area (Å²) in [5.41, 5.74) is 13.9. The SMILES string of the molecule is CCCCCCC1(CCCCCC)c2ccccc2-c2ccc(-c3cc(-c4ccc(CC(CC)CCCC)cc4)nc(-c4ccccn4)c3)cc21. The molecule has 0 saturated carbocycles. The van der Waals surface area contributed by atoms with Crippen molar-refractivity contribution in [2.45, 2.75) is 129 Å². The van der Waals surface area contributed by atoms with Crippen molar-refractivity contribution in [1.82, 2.24) is 9.97 Å². The van der Waals surface area contributed by atoms with Gasteiger partial charge >= 0.3 is 0 Å². The molecule has 2 heteroatoms. The number of pyridine rings is 2. The van der Waals surface area contributed by atoms with Gasteiger partial charge in [0.25, 0.3) is 0 Å². The first-order valence-electron chi connectivity index (χ1n) is 20.4. The fraction of sp³-hybridized carbons (Fsp3) is 0.429. The summed E-state index contributed by atoms with van der Waals surface area (Å²) in [5.74, 6) is 0.754. The summed E-state index contributed by atoms with van der Waals surface area (Å²) in [6.45, 7) is 9.27. The molecule has 0 saturated heterocycles. The Balaban J connectivity index is 1.41. The van der Waals surface area contributed by atoms with E-state index in [0.29, 0.717) is 0 Å². The monoisotopic (exact) mass is 676 g/mol. The third kappa shape index (κ3) is 8.54. The van der Waals surface area contributed by atoms with Crippen LogP contribution in [-0.4, -0.2) is 9.97 Å². The van der Waals surface area contributed by atoms with Crippen LogP contribution in [0.3, 0.4) is 0 Å². The van der Waals surface area contributed by atoms with Crippen molar-refractivity contribution in [2.75, 3.05) is 0 Å². The molecular weight excluding hydrogens is 617 g/mol. The first-order valence-corrected chi connectivity index (χ1v) is 20.4. The molecule has 2 heterocycles. The molecule has 0 N–H and O–H groups in total. The Morgan fingerprint density at radius 3 is 1.88 bits per heavy atom. The second-order valence-electron chi connectivity index (χ2n) is 15.2. The molecule has 0 bridgehead atoms. The summed E-state index contributed by atoms with van der Waals surface area (Å²) in [4.78, 5) is 9.98. The molecule has 3 aromatic carbocycles. The van der Waals surface area contributed by atoms with Crippen LogP contribution >= 0.6 is 0 Å². The van der Waals surface area contributed by atoms with E-state index in [2.05, 4.69) is 119 Å². The lowest BCUT2D eigenvalue weighted by atomic mass is 9.70. The highest BCUT2D eigenvalue weighted by Gasteiger charge is 2.42. The van der Waals surface area contributed by atoms with Gasteiger partial charge in [-0.25, -0.2) is 4.98 Å². The topological polar surface area (TPSA) is 25.8 Å². The average Bonchev–Trinajstić information content (AvgIpc) is 3.46. The number of fused-ring (bicyclic) bond motifs is 3. The fourth-order valence-electron chi connectivity index (χ4n) is 8.58. The van der Waals surface area contributed by atoms with Crippen molar-refractivity contribution in [3.05, 3.63) is 120 Å². The molecule has 0 fully saturated rings. The zero-order valence-electron chi connectivity index (χ0n) is 31.9. The summed E-state index contributed by atoms with van der Waals surface area (Å²) in [5, 5.41) is 0. The van der Waals surface area contributed by atoms with E-state index in [0.717, 1.165) is 35.0 Å². The van der Waals surface area contributed by atoms with Crippen LogP contribution in [0.15, 0.2) is 103 Å². The highest BCUT2D eigenvalue weighted by molar-refractivity contribution is 5.85. The van der Waals surface area contributed by atoms with Crippen LogP contribution in [0.1, 0.15) is 134 Å². The maximum atomic E-state index is 5.23. The second-order valence-corrected chi connectivity index (χ2v) is 15.2. The third-order valence-corrected chi connectivity index (χ3v) is 11.6. The lowest BCUT2D eigenvalue weighted by Gasteiger charge is -2.33. The van der Waals surface area contributed by atoms with Gasteiger partial charge in [0.05, 0.1) is 17.1 Å². The Morgan fingerprint density at radius 1 is 0.529 bits per heavy atom. The highest BCUT2D eigenvalue weighted by atomic mass is 14.8. The van der Waals surface area contributed by atoms with Crippen molar-refractivity contribution < 1.29 is 0 Å². The molecular formula is C49H60N2. The largest absolute Gasteiger partial charge is 0.255 e. The van der Waals surface area contributed by atoms with E-state index in [9.17, 15) is 0 Å². The maximum Gasteiger partial charge on any atom is 0.0899 e. The van der Waals surface area contributed by atoms with Crippen LogP contribution in [0.5, 0.6) is 0 Å². The normalized spacial score (nSPS) is 13.6. The Kier molecular flexibility index (Phi) is 12.9. The van der Waals surface area contributed by atoms with E-state index in [4.69, 9.17) is 9.97 Å². The van der Waals surface area contributed by atoms with Crippen molar-refractivity contribution in [2.24, 2.45) is 5.92 Å². The molecule has 1 unspecified atom stereocenters. The van der Waals surface area contributed by atoms with E-state index >= 15 is 0 Å². The quantitative estimate of drug-likeness (QED) is 0.0814. The number of aromatic nitrogens is 2. The molecule has 0 aliphatic heterocycles. The summed E-state index contributed by atoms with van der Waals surface area (Å²) in [7, 11) is 0. The van der Waals surface area contributed by atoms with Gasteiger partial charge in [-0.1, -0.05) is 171 Å². The van der Waals surface area contributed by atoms with E-state index in [1.165, 1.54) is 123 Å². The van der Waals surface area contributed by atoms with Gasteiger partial charge in [0.15, 0.2) is 0 Å². The number of benzene rings is 3. The predicted octanol–water partition coefficient (Wildman–Crippen LogP) is 14.4. The van der Waals surface area contributed by atoms with Crippen LogP contribution < -0.4 is 0 Å². The molecule has 5 aromatic rings. The predicted molar refractivity (Wildman–Crippen MR) is 219 cm³/mol. The molecule has 266 valence electrons. The summed E-state index contributed by atoms with van der Waals surface area (Å²) < 4.78 is 0. The van der Waals surface area contributed by atoms with Crippen LogP contribution in [0, 0.1) is 5.92 Å². The Labute approximate surface area is 309 Å². The van der Waals surface area contributed by atoms with Crippen LogP contribution in [0.25, 0.3) is 44.9 Å². The number of hydrogen-bond donors (Lipinski definition) is 0. The van der Waals surface area contributed by atoms with Gasteiger partial charge in [-0.3, -0.25) is 4.98 Å². The van der Waals surface area contributed by atoms with Gasteiger partial charge < -0.3 is 0 Å².